The molecule has 2 heterocycles. The third-order valence-electron chi connectivity index (χ3n) is 2.99. The minimum Gasteiger partial charge on any atom is -0.324 e. The number of fused-ring (bicyclic) bond motifs is 1. The van der Waals surface area contributed by atoms with Crippen LogP contribution in [0.25, 0.3) is 0 Å². The van der Waals surface area contributed by atoms with Gasteiger partial charge in [-0.25, -0.2) is 0 Å². The van der Waals surface area contributed by atoms with Crippen LogP contribution >= 0.6 is 23.2 Å². The van der Waals surface area contributed by atoms with Crippen molar-refractivity contribution in [2.24, 2.45) is 7.05 Å². The summed E-state index contributed by atoms with van der Waals surface area (Å²) in [4.78, 5) is 2.15. The second-order valence-corrected chi connectivity index (χ2v) is 4.98. The minimum atomic E-state index is 0.664. The van der Waals surface area contributed by atoms with E-state index in [0.29, 0.717) is 5.02 Å². The normalized spacial score (nSPS) is 14.2. The van der Waals surface area contributed by atoms with Crippen LogP contribution in [0.4, 0.5) is 11.5 Å². The Labute approximate surface area is 110 Å². The summed E-state index contributed by atoms with van der Waals surface area (Å²) in [7, 11) is 1.91. The zero-order chi connectivity index (χ0) is 12.0. The molecule has 3 nitrogen and oxygen atoms in total. The number of rotatable bonds is 1. The Morgan fingerprint density at radius 1 is 1.29 bits per heavy atom. The monoisotopic (exact) mass is 267 g/mol. The van der Waals surface area contributed by atoms with Crippen molar-refractivity contribution in [3.8, 4) is 0 Å². The summed E-state index contributed by atoms with van der Waals surface area (Å²) >= 11 is 12.2. The van der Waals surface area contributed by atoms with E-state index in [-0.39, 0.29) is 0 Å². The zero-order valence-electron chi connectivity index (χ0n) is 9.32. The first kappa shape index (κ1) is 10.9. The van der Waals surface area contributed by atoms with Crippen molar-refractivity contribution in [3.63, 3.8) is 0 Å². The maximum absolute atomic E-state index is 6.20. The van der Waals surface area contributed by atoms with Gasteiger partial charge in [-0.15, -0.1) is 0 Å². The highest BCUT2D eigenvalue weighted by Crippen LogP contribution is 2.39. The van der Waals surface area contributed by atoms with Crippen LogP contribution in [-0.2, 0) is 13.5 Å². The lowest BCUT2D eigenvalue weighted by atomic mass is 10.2. The van der Waals surface area contributed by atoms with E-state index in [1.807, 2.05) is 25.4 Å². The predicted octanol–water partition coefficient (Wildman–Crippen LogP) is 3.42. The van der Waals surface area contributed by atoms with Crippen molar-refractivity contribution in [2.45, 2.75) is 6.42 Å². The summed E-state index contributed by atoms with van der Waals surface area (Å²) in [6.07, 6.45) is 2.86. The molecule has 1 aromatic heterocycles. The second-order valence-electron chi connectivity index (χ2n) is 4.13. The van der Waals surface area contributed by atoms with E-state index in [9.17, 15) is 0 Å². The van der Waals surface area contributed by atoms with Crippen LogP contribution in [-0.4, -0.2) is 16.3 Å². The quantitative estimate of drug-likeness (QED) is 0.790. The molecule has 0 N–H and O–H groups in total. The van der Waals surface area contributed by atoms with Gasteiger partial charge in [0, 0.05) is 41.6 Å². The molecule has 0 atom stereocenters. The number of hydrogen-bond donors (Lipinski definition) is 0. The van der Waals surface area contributed by atoms with E-state index in [4.69, 9.17) is 23.2 Å². The molecular weight excluding hydrogens is 257 g/mol. The topological polar surface area (TPSA) is 21.1 Å². The molecular formula is C12H11Cl2N3. The van der Waals surface area contributed by atoms with Crippen LogP contribution in [0.2, 0.25) is 10.0 Å². The number of anilines is 2. The largest absolute Gasteiger partial charge is 0.324 e. The van der Waals surface area contributed by atoms with Crippen LogP contribution in [0.3, 0.4) is 0 Å². The maximum atomic E-state index is 6.20. The molecule has 17 heavy (non-hydrogen) atoms. The van der Waals surface area contributed by atoms with E-state index in [1.165, 1.54) is 0 Å². The molecule has 0 amide bonds. The first-order valence-corrected chi connectivity index (χ1v) is 6.16. The number of hydrogen-bond acceptors (Lipinski definition) is 2. The molecule has 2 aromatic rings. The molecule has 0 spiro atoms. The Hall–Kier alpha value is -1.19. The lowest BCUT2D eigenvalue weighted by Gasteiger charge is -2.16. The van der Waals surface area contributed by atoms with Gasteiger partial charge in [-0.05, 0) is 24.1 Å². The summed E-state index contributed by atoms with van der Waals surface area (Å²) in [6.45, 7) is 0.895. The molecule has 1 aliphatic heterocycles. The van der Waals surface area contributed by atoms with Crippen molar-refractivity contribution in [3.05, 3.63) is 40.0 Å². The van der Waals surface area contributed by atoms with Crippen molar-refractivity contribution < 1.29 is 0 Å². The molecule has 0 unspecified atom stereocenters. The smallest absolute Gasteiger partial charge is 0.155 e. The minimum absolute atomic E-state index is 0.664. The Balaban J connectivity index is 2.09. The number of benzene rings is 1. The predicted molar refractivity (Wildman–Crippen MR) is 70.4 cm³/mol. The van der Waals surface area contributed by atoms with E-state index < -0.39 is 0 Å². The Kier molecular flexibility index (Phi) is 2.53. The Morgan fingerprint density at radius 3 is 2.82 bits per heavy atom. The molecule has 88 valence electrons. The fourth-order valence-electron chi connectivity index (χ4n) is 2.21. The molecule has 0 bridgehead atoms. The Bertz CT molecular complexity index is 577. The SMILES string of the molecule is Cn1ccc(N2CCc3c(Cl)cc(Cl)cc32)n1. The third-order valence-corrected chi connectivity index (χ3v) is 3.54. The van der Waals surface area contributed by atoms with Crippen molar-refractivity contribution in [2.75, 3.05) is 11.4 Å². The highest BCUT2D eigenvalue weighted by molar-refractivity contribution is 6.35. The zero-order valence-corrected chi connectivity index (χ0v) is 10.8. The van der Waals surface area contributed by atoms with E-state index >= 15 is 0 Å². The number of aryl methyl sites for hydroxylation is 1. The average Bonchev–Trinajstić information content (AvgIpc) is 2.83. The number of halogens is 2. The standard InChI is InChI=1S/C12H11Cl2N3/c1-16-4-3-12(15-16)17-5-2-9-10(14)6-8(13)7-11(9)17/h3-4,6-7H,2,5H2,1H3. The first-order valence-electron chi connectivity index (χ1n) is 5.40. The maximum Gasteiger partial charge on any atom is 0.155 e. The lowest BCUT2D eigenvalue weighted by Crippen LogP contribution is -2.14. The van der Waals surface area contributed by atoms with Crippen LogP contribution in [0.15, 0.2) is 24.4 Å². The highest BCUT2D eigenvalue weighted by atomic mass is 35.5. The van der Waals surface area contributed by atoms with Crippen LogP contribution < -0.4 is 4.90 Å². The van der Waals surface area contributed by atoms with E-state index in [2.05, 4.69) is 10.00 Å². The van der Waals surface area contributed by atoms with Gasteiger partial charge in [-0.1, -0.05) is 23.2 Å². The molecule has 3 rings (SSSR count). The molecule has 1 aliphatic rings. The van der Waals surface area contributed by atoms with Crippen molar-refractivity contribution in [1.82, 2.24) is 9.78 Å². The molecule has 5 heteroatoms. The van der Waals surface area contributed by atoms with Gasteiger partial charge in [-0.2, -0.15) is 5.10 Å². The van der Waals surface area contributed by atoms with Gasteiger partial charge in [0.25, 0.3) is 0 Å². The van der Waals surface area contributed by atoms with Crippen LogP contribution in [0, 0.1) is 0 Å². The first-order chi connectivity index (χ1) is 8.15. The molecule has 0 radical (unpaired) electrons. The van der Waals surface area contributed by atoms with Crippen molar-refractivity contribution in [1.29, 1.82) is 0 Å². The average molecular weight is 268 g/mol. The molecule has 0 aliphatic carbocycles. The molecule has 1 aromatic carbocycles. The van der Waals surface area contributed by atoms with Gasteiger partial charge in [0.05, 0.1) is 0 Å². The van der Waals surface area contributed by atoms with Gasteiger partial charge in [0.15, 0.2) is 5.82 Å². The van der Waals surface area contributed by atoms with E-state index in [1.54, 1.807) is 10.7 Å². The number of aromatic nitrogens is 2. The van der Waals surface area contributed by atoms with Gasteiger partial charge >= 0.3 is 0 Å². The summed E-state index contributed by atoms with van der Waals surface area (Å²) in [5.41, 5.74) is 2.22. The van der Waals surface area contributed by atoms with Crippen molar-refractivity contribution >= 4 is 34.7 Å². The summed E-state index contributed by atoms with van der Waals surface area (Å²) in [5, 5.41) is 5.81. The molecule has 0 saturated heterocycles. The highest BCUT2D eigenvalue weighted by Gasteiger charge is 2.24. The number of nitrogens with zero attached hydrogens (tertiary/aromatic N) is 3. The van der Waals surface area contributed by atoms with Gasteiger partial charge in [0.1, 0.15) is 0 Å². The fourth-order valence-corrected chi connectivity index (χ4v) is 2.78. The van der Waals surface area contributed by atoms with Crippen LogP contribution in [0.1, 0.15) is 5.56 Å². The summed E-state index contributed by atoms with van der Waals surface area (Å²) < 4.78 is 1.79. The Morgan fingerprint density at radius 2 is 2.12 bits per heavy atom. The summed E-state index contributed by atoms with van der Waals surface area (Å²) in [6, 6.07) is 5.73. The second kappa shape index (κ2) is 3.93. The fraction of sp³-hybridized carbons (Fsp3) is 0.250. The van der Waals surface area contributed by atoms with Gasteiger partial charge < -0.3 is 4.90 Å². The summed E-state index contributed by atoms with van der Waals surface area (Å²) in [5.74, 6) is 0.935. The van der Waals surface area contributed by atoms with Gasteiger partial charge in [0.2, 0.25) is 0 Å². The lowest BCUT2D eigenvalue weighted by molar-refractivity contribution is 0.761. The molecule has 0 fully saturated rings. The van der Waals surface area contributed by atoms with E-state index in [0.717, 1.165) is 35.1 Å². The van der Waals surface area contributed by atoms with Crippen LogP contribution in [0.5, 0.6) is 0 Å². The van der Waals surface area contributed by atoms with Gasteiger partial charge in [-0.3, -0.25) is 4.68 Å². The molecule has 0 saturated carbocycles. The third kappa shape index (κ3) is 1.79.